The number of para-hydroxylation sites is 1. The van der Waals surface area contributed by atoms with Gasteiger partial charge in [-0.3, -0.25) is 0 Å². The van der Waals surface area contributed by atoms with E-state index >= 15 is 0 Å². The quantitative estimate of drug-likeness (QED) is 0.102. The Morgan fingerprint density at radius 3 is 1.18 bits per heavy atom. The Kier molecular flexibility index (Phi) is 12.3. The van der Waals surface area contributed by atoms with Crippen LogP contribution < -0.4 is 19.4 Å². The molecule has 0 heterocycles. The van der Waals surface area contributed by atoms with Crippen LogP contribution in [0.25, 0.3) is 11.1 Å². The maximum atomic E-state index is 6.06. The number of benzene rings is 8. The average molecular weight is 798 g/mol. The van der Waals surface area contributed by atoms with Crippen molar-refractivity contribution >= 4 is 51.2 Å². The lowest BCUT2D eigenvalue weighted by atomic mass is 10.0. The van der Waals surface area contributed by atoms with Gasteiger partial charge in [-0.25, -0.2) is 0 Å². The Balaban J connectivity index is 1.13. The number of ether oxygens (including phenoxy) is 1. The molecule has 304 valence electrons. The molecule has 61 heavy (non-hydrogen) atoms. The molecule has 0 atom stereocenters. The highest BCUT2D eigenvalue weighted by Crippen LogP contribution is 2.42. The first-order valence-corrected chi connectivity index (χ1v) is 21.5. The first-order valence-electron chi connectivity index (χ1n) is 21.5. The third-order valence-corrected chi connectivity index (χ3v) is 11.3. The fraction of sp³-hybridized carbons (Fsp3) is 0.158. The Hall–Kier alpha value is -7.04. The van der Waals surface area contributed by atoms with E-state index in [1.165, 1.54) is 33.5 Å². The van der Waals surface area contributed by atoms with Crippen molar-refractivity contribution in [1.82, 2.24) is 0 Å². The highest BCUT2D eigenvalue weighted by Gasteiger charge is 2.19. The van der Waals surface area contributed by atoms with Crippen LogP contribution in [-0.2, 0) is 0 Å². The Labute approximate surface area is 363 Å². The summed E-state index contributed by atoms with van der Waals surface area (Å²) in [5, 5.41) is 0. The summed E-state index contributed by atoms with van der Waals surface area (Å²) in [5.74, 6) is 0.886. The zero-order valence-corrected chi connectivity index (χ0v) is 36.3. The average Bonchev–Trinajstić information content (AvgIpc) is 3.28. The SMILES string of the molecule is CCCCOc1ccc(N(c2ccc(-c3ccc(N(c4ccc(C)cc4)c4c(C)cccc4C)cc3)cc2)c2ccc(N(c3ccc(C)cc3)c3cccc(C)c3)cc2)cc1. The first-order chi connectivity index (χ1) is 29.7. The summed E-state index contributed by atoms with van der Waals surface area (Å²) in [6.45, 7) is 13.7. The van der Waals surface area contributed by atoms with Crippen LogP contribution >= 0.6 is 0 Å². The number of anilines is 9. The third-order valence-electron chi connectivity index (χ3n) is 11.3. The maximum Gasteiger partial charge on any atom is 0.119 e. The predicted octanol–water partition coefficient (Wildman–Crippen LogP) is 16.5. The third kappa shape index (κ3) is 9.25. The zero-order valence-electron chi connectivity index (χ0n) is 36.3. The van der Waals surface area contributed by atoms with Crippen LogP contribution in [0, 0.1) is 34.6 Å². The summed E-state index contributed by atoms with van der Waals surface area (Å²) in [6.07, 6.45) is 2.14. The van der Waals surface area contributed by atoms with E-state index in [0.29, 0.717) is 0 Å². The topological polar surface area (TPSA) is 19.0 Å². The molecule has 8 rings (SSSR count). The number of aryl methyl sites for hydroxylation is 5. The molecule has 0 spiro atoms. The van der Waals surface area contributed by atoms with Gasteiger partial charge in [0.25, 0.3) is 0 Å². The van der Waals surface area contributed by atoms with E-state index in [-0.39, 0.29) is 0 Å². The van der Waals surface area contributed by atoms with Gasteiger partial charge in [0.15, 0.2) is 0 Å². The van der Waals surface area contributed by atoms with Crippen molar-refractivity contribution in [3.05, 3.63) is 216 Å². The van der Waals surface area contributed by atoms with E-state index in [1.54, 1.807) is 0 Å². The lowest BCUT2D eigenvalue weighted by Gasteiger charge is -2.29. The van der Waals surface area contributed by atoms with Gasteiger partial charge >= 0.3 is 0 Å². The summed E-state index contributed by atoms with van der Waals surface area (Å²) in [7, 11) is 0. The monoisotopic (exact) mass is 797 g/mol. The van der Waals surface area contributed by atoms with Gasteiger partial charge < -0.3 is 19.4 Å². The molecule has 0 saturated carbocycles. The van der Waals surface area contributed by atoms with Crippen LogP contribution in [0.5, 0.6) is 5.75 Å². The highest BCUT2D eigenvalue weighted by molar-refractivity contribution is 5.84. The number of rotatable bonds is 14. The van der Waals surface area contributed by atoms with Gasteiger partial charge in [0.05, 0.1) is 12.3 Å². The highest BCUT2D eigenvalue weighted by atomic mass is 16.5. The second-order valence-electron chi connectivity index (χ2n) is 16.1. The summed E-state index contributed by atoms with van der Waals surface area (Å²) >= 11 is 0. The van der Waals surface area contributed by atoms with E-state index in [4.69, 9.17) is 4.74 Å². The van der Waals surface area contributed by atoms with Crippen molar-refractivity contribution in [2.45, 2.75) is 54.4 Å². The lowest BCUT2D eigenvalue weighted by Crippen LogP contribution is -2.12. The summed E-state index contributed by atoms with van der Waals surface area (Å²) in [6, 6.07) is 68.0. The molecule has 0 bridgehead atoms. The Morgan fingerprint density at radius 2 is 0.738 bits per heavy atom. The van der Waals surface area contributed by atoms with Crippen LogP contribution in [-0.4, -0.2) is 6.61 Å². The predicted molar refractivity (Wildman–Crippen MR) is 260 cm³/mol. The number of nitrogens with zero attached hydrogens (tertiary/aromatic N) is 3. The molecule has 8 aromatic carbocycles. The van der Waals surface area contributed by atoms with Gasteiger partial charge in [-0.2, -0.15) is 0 Å². The minimum Gasteiger partial charge on any atom is -0.494 e. The summed E-state index contributed by atoms with van der Waals surface area (Å²) < 4.78 is 6.06. The molecule has 0 aliphatic carbocycles. The Morgan fingerprint density at radius 1 is 0.361 bits per heavy atom. The van der Waals surface area contributed by atoms with Gasteiger partial charge in [-0.05, 0) is 178 Å². The molecule has 4 heteroatoms. The van der Waals surface area contributed by atoms with Crippen molar-refractivity contribution in [2.24, 2.45) is 0 Å². The van der Waals surface area contributed by atoms with Gasteiger partial charge in [0.1, 0.15) is 5.75 Å². The van der Waals surface area contributed by atoms with E-state index in [2.05, 4.69) is 244 Å². The molecular formula is C57H55N3O. The van der Waals surface area contributed by atoms with Crippen LogP contribution in [0.2, 0.25) is 0 Å². The molecule has 0 aliphatic rings. The van der Waals surface area contributed by atoms with Gasteiger partial charge in [0, 0.05) is 45.5 Å². The minimum absolute atomic E-state index is 0.720. The smallest absolute Gasteiger partial charge is 0.119 e. The van der Waals surface area contributed by atoms with E-state index in [1.807, 2.05) is 0 Å². The molecule has 0 fully saturated rings. The summed E-state index contributed by atoms with van der Waals surface area (Å²) in [5.41, 5.74) is 18.5. The largest absolute Gasteiger partial charge is 0.494 e. The molecular weight excluding hydrogens is 743 g/mol. The second-order valence-corrected chi connectivity index (χ2v) is 16.1. The molecule has 8 aromatic rings. The van der Waals surface area contributed by atoms with Crippen molar-refractivity contribution in [3.8, 4) is 16.9 Å². The van der Waals surface area contributed by atoms with E-state index < -0.39 is 0 Å². The molecule has 0 amide bonds. The van der Waals surface area contributed by atoms with Gasteiger partial charge in [-0.1, -0.05) is 103 Å². The molecule has 0 unspecified atom stereocenters. The van der Waals surface area contributed by atoms with Crippen molar-refractivity contribution in [2.75, 3.05) is 21.3 Å². The fourth-order valence-corrected chi connectivity index (χ4v) is 8.00. The van der Waals surface area contributed by atoms with Crippen LogP contribution in [0.1, 0.15) is 47.6 Å². The molecule has 0 aliphatic heterocycles. The van der Waals surface area contributed by atoms with E-state index in [0.717, 1.165) is 81.8 Å². The number of hydrogen-bond donors (Lipinski definition) is 0. The van der Waals surface area contributed by atoms with Crippen LogP contribution in [0.4, 0.5) is 51.2 Å². The molecule has 4 nitrogen and oxygen atoms in total. The normalized spacial score (nSPS) is 11.0. The molecule has 0 saturated heterocycles. The van der Waals surface area contributed by atoms with Gasteiger partial charge in [0.2, 0.25) is 0 Å². The van der Waals surface area contributed by atoms with Crippen LogP contribution in [0.15, 0.2) is 188 Å². The first kappa shape index (κ1) is 40.7. The fourth-order valence-electron chi connectivity index (χ4n) is 8.00. The van der Waals surface area contributed by atoms with Crippen molar-refractivity contribution in [1.29, 1.82) is 0 Å². The Bertz CT molecular complexity index is 2650. The molecule has 0 aromatic heterocycles. The van der Waals surface area contributed by atoms with E-state index in [9.17, 15) is 0 Å². The molecule has 0 radical (unpaired) electrons. The second kappa shape index (κ2) is 18.5. The van der Waals surface area contributed by atoms with Crippen molar-refractivity contribution in [3.63, 3.8) is 0 Å². The number of unbranched alkanes of at least 4 members (excludes halogenated alkanes) is 1. The van der Waals surface area contributed by atoms with Crippen LogP contribution in [0.3, 0.4) is 0 Å². The van der Waals surface area contributed by atoms with Gasteiger partial charge in [-0.15, -0.1) is 0 Å². The maximum absolute atomic E-state index is 6.06. The lowest BCUT2D eigenvalue weighted by molar-refractivity contribution is 0.309. The minimum atomic E-state index is 0.720. The standard InChI is InChI=1S/C57H55N3O/c1-7-8-39-61-56-37-35-52(36-38-56)58(50-31-33-51(34-32-50)59(48-23-15-41(2)16-24-48)55-14-9-11-43(4)40-55)49-27-19-46(20-28-49)47-21-29-54(30-22-47)60(53-25-17-42(3)18-26-53)57-44(5)12-10-13-45(57)6/h9-38,40H,7-8,39H2,1-6H3. The number of hydrogen-bond acceptors (Lipinski definition) is 4. The summed E-state index contributed by atoms with van der Waals surface area (Å²) in [4.78, 5) is 7.02. The van der Waals surface area contributed by atoms with Crippen molar-refractivity contribution < 1.29 is 4.74 Å². The zero-order chi connectivity index (χ0) is 42.3. The molecule has 0 N–H and O–H groups in total.